The van der Waals surface area contributed by atoms with Gasteiger partial charge in [-0.25, -0.2) is 4.98 Å². The van der Waals surface area contributed by atoms with E-state index in [1.54, 1.807) is 18.0 Å². The molecule has 1 aliphatic heterocycles. The van der Waals surface area contributed by atoms with Gasteiger partial charge in [-0.05, 0) is 92.9 Å². The first-order chi connectivity index (χ1) is 27.3. The number of nitrogens with one attached hydrogen (secondary N) is 1. The maximum absolute atomic E-state index is 13.8. The molecule has 1 N–H and O–H groups in total. The predicted molar refractivity (Wildman–Crippen MR) is 228 cm³/mol. The van der Waals surface area contributed by atoms with Gasteiger partial charge in [0.25, 0.3) is 5.91 Å². The van der Waals surface area contributed by atoms with Crippen LogP contribution in [0.5, 0.6) is 5.75 Å². The van der Waals surface area contributed by atoms with Crippen molar-refractivity contribution in [2.75, 3.05) is 44.8 Å². The lowest BCUT2D eigenvalue weighted by Gasteiger charge is -2.41. The molecule has 0 saturated carbocycles. The van der Waals surface area contributed by atoms with Crippen molar-refractivity contribution in [2.24, 2.45) is 5.92 Å². The topological polar surface area (TPSA) is 91.7 Å². The fourth-order valence-electron chi connectivity index (χ4n) is 7.09. The van der Waals surface area contributed by atoms with E-state index in [0.717, 1.165) is 77.9 Å². The maximum atomic E-state index is 13.8. The highest BCUT2D eigenvalue weighted by molar-refractivity contribution is 7.98. The predicted octanol–water partition coefficient (Wildman–Crippen LogP) is 10.1. The summed E-state index contributed by atoms with van der Waals surface area (Å²) in [6.07, 6.45) is 12.7. The number of ether oxygens (including phenoxy) is 3. The van der Waals surface area contributed by atoms with Crippen LogP contribution in [0.2, 0.25) is 0 Å². The molecule has 4 aromatic rings. The third-order valence-corrected chi connectivity index (χ3v) is 10.8. The molecule has 5 rings (SSSR count). The summed E-state index contributed by atoms with van der Waals surface area (Å²) in [5, 5.41) is 3.16. The van der Waals surface area contributed by atoms with Gasteiger partial charge in [0.1, 0.15) is 29.6 Å². The van der Waals surface area contributed by atoms with Crippen molar-refractivity contribution in [3.63, 3.8) is 0 Å². The van der Waals surface area contributed by atoms with Crippen molar-refractivity contribution in [2.45, 2.75) is 83.4 Å². The minimum atomic E-state index is -0.166. The number of imidazole rings is 1. The van der Waals surface area contributed by atoms with Crippen molar-refractivity contribution in [3.8, 4) is 5.75 Å². The molecule has 1 aromatic heterocycles. The van der Waals surface area contributed by atoms with E-state index in [9.17, 15) is 9.59 Å². The Morgan fingerprint density at radius 2 is 1.71 bits per heavy atom. The molecular weight excluding hydrogens is 721 g/mol. The van der Waals surface area contributed by atoms with Crippen molar-refractivity contribution in [1.29, 1.82) is 0 Å². The summed E-state index contributed by atoms with van der Waals surface area (Å²) < 4.78 is 19.5. The summed E-state index contributed by atoms with van der Waals surface area (Å²) >= 11 is 1.69. The number of hydrogen-bond donors (Lipinski definition) is 1. The highest BCUT2D eigenvalue weighted by Crippen LogP contribution is 2.39. The summed E-state index contributed by atoms with van der Waals surface area (Å²) in [5.74, 6) is 2.65. The fourth-order valence-corrected chi connectivity index (χ4v) is 7.96. The average molecular weight is 780 g/mol. The molecule has 56 heavy (non-hydrogen) atoms. The van der Waals surface area contributed by atoms with E-state index < -0.39 is 0 Å². The summed E-state index contributed by atoms with van der Waals surface area (Å²) in [6.45, 7) is 13.3. The number of carbonyl (C=O) groups excluding carboxylic acids is 2. The molecule has 1 atom stereocenters. The van der Waals surface area contributed by atoms with Crippen LogP contribution >= 0.6 is 11.8 Å². The number of para-hydroxylation sites is 1. The van der Waals surface area contributed by atoms with Crippen LogP contribution < -0.4 is 14.5 Å². The number of thioether (sulfide) groups is 1. The number of benzene rings is 3. The Balaban J connectivity index is 1.29. The lowest BCUT2D eigenvalue weighted by atomic mass is 9.97. The molecule has 0 fully saturated rings. The number of rotatable bonds is 21. The van der Waals surface area contributed by atoms with E-state index in [2.05, 4.69) is 84.2 Å². The minimum Gasteiger partial charge on any atom is -0.491 e. The molecule has 1 amide bonds. The third kappa shape index (κ3) is 12.4. The normalized spacial score (nSPS) is 15.7. The zero-order valence-electron chi connectivity index (χ0n) is 33.6. The fraction of sp³-hybridized carbons (Fsp3) is 0.413. The van der Waals surface area contributed by atoms with Gasteiger partial charge < -0.3 is 24.1 Å². The van der Waals surface area contributed by atoms with Crippen LogP contribution in [0, 0.1) is 5.92 Å². The Morgan fingerprint density at radius 1 is 0.929 bits per heavy atom. The van der Waals surface area contributed by atoms with Crippen LogP contribution in [0.15, 0.2) is 114 Å². The van der Waals surface area contributed by atoms with Crippen molar-refractivity contribution in [3.05, 3.63) is 120 Å². The van der Waals surface area contributed by atoms with Crippen LogP contribution in [0.3, 0.4) is 0 Å². The monoisotopic (exact) mass is 779 g/mol. The molecule has 10 heteroatoms. The van der Waals surface area contributed by atoms with Crippen LogP contribution in [0.1, 0.15) is 77.6 Å². The van der Waals surface area contributed by atoms with Gasteiger partial charge in [0.05, 0.1) is 32.1 Å². The van der Waals surface area contributed by atoms with E-state index >= 15 is 0 Å². The molecular formula is C46H59N4O5S+. The molecule has 0 radical (unpaired) electrons. The van der Waals surface area contributed by atoms with Crippen molar-refractivity contribution < 1.29 is 23.8 Å². The average Bonchev–Trinajstić information content (AvgIpc) is 3.65. The number of anilines is 1. The number of carbonyl (C=O) groups is 2. The van der Waals surface area contributed by atoms with Crippen molar-refractivity contribution >= 4 is 40.7 Å². The number of allylic oxidation sites excluding steroid dienone is 2. The Kier molecular flexibility index (Phi) is 16.8. The number of unbranched alkanes of at least 4 members (excludes halogenated alkanes) is 1. The smallest absolute Gasteiger partial charge is 0.305 e. The molecule has 1 unspecified atom stereocenters. The van der Waals surface area contributed by atoms with Gasteiger partial charge in [-0.3, -0.25) is 14.1 Å². The highest BCUT2D eigenvalue weighted by Gasteiger charge is 2.38. The third-order valence-electron chi connectivity index (χ3n) is 9.76. The van der Waals surface area contributed by atoms with Gasteiger partial charge in [0.15, 0.2) is 0 Å². The molecule has 0 spiro atoms. The molecule has 0 saturated heterocycles. The Bertz CT molecular complexity index is 1870. The summed E-state index contributed by atoms with van der Waals surface area (Å²) in [5.41, 5.74) is 5.02. The standard InChI is InChI=1S/C46H58N4O5S/c1-5-7-31-53-32-33-55-41-22-17-37(18-23-41)43-26-19-38(13-12-30-50(43,34-36(3)4)40-14-9-8-10-15-40)46(52)48-39-20-24-42(25-21-39)56-35-44-47-27-29-49(44)28-11-16-45(51)54-6-2/h8-10,14-15,17-27,29,36H,5-7,11-13,16,28,30-35H2,1-4H3/p+1. The van der Waals surface area contributed by atoms with E-state index in [1.807, 2.05) is 55.6 Å². The van der Waals surface area contributed by atoms with Gasteiger partial charge in [-0.1, -0.05) is 45.4 Å². The SMILES string of the molecule is CCCCOCCOc1ccc(C2=CC=C(C(=O)Nc3ccc(SCc4nccn4CCCC(=O)OCC)cc3)CCC[N+]2(CC(C)C)c2ccccc2)cc1. The zero-order valence-corrected chi connectivity index (χ0v) is 34.4. The highest BCUT2D eigenvalue weighted by atomic mass is 32.2. The van der Waals surface area contributed by atoms with Crippen LogP contribution in [-0.4, -0.2) is 60.9 Å². The Morgan fingerprint density at radius 3 is 2.45 bits per heavy atom. The molecule has 2 heterocycles. The first-order valence-electron chi connectivity index (χ1n) is 20.2. The number of quaternary nitrogens is 1. The second kappa shape index (κ2) is 22.2. The van der Waals surface area contributed by atoms with Crippen molar-refractivity contribution in [1.82, 2.24) is 14.0 Å². The van der Waals surface area contributed by atoms with E-state index in [4.69, 9.17) is 14.2 Å². The second-order valence-corrected chi connectivity index (χ2v) is 15.6. The molecule has 0 bridgehead atoms. The van der Waals surface area contributed by atoms with Gasteiger partial charge in [-0.15, -0.1) is 11.8 Å². The van der Waals surface area contributed by atoms with Crippen LogP contribution in [0.4, 0.5) is 11.4 Å². The zero-order chi connectivity index (χ0) is 39.6. The van der Waals surface area contributed by atoms with Gasteiger partial charge in [0, 0.05) is 72.1 Å². The number of hydrogen-bond acceptors (Lipinski definition) is 7. The molecule has 1 aliphatic rings. The quantitative estimate of drug-likeness (QED) is 0.0390. The Hall–Kier alpha value is -4.64. The first-order valence-corrected chi connectivity index (χ1v) is 21.1. The lowest BCUT2D eigenvalue weighted by Crippen LogP contribution is -2.51. The molecule has 9 nitrogen and oxygen atoms in total. The van der Waals surface area contributed by atoms with E-state index in [-0.39, 0.29) is 11.9 Å². The van der Waals surface area contributed by atoms with Gasteiger partial charge >= 0.3 is 5.97 Å². The summed E-state index contributed by atoms with van der Waals surface area (Å²) in [4.78, 5) is 31.1. The van der Waals surface area contributed by atoms with Crippen LogP contribution in [0.25, 0.3) is 5.70 Å². The Labute approximate surface area is 337 Å². The first kappa shape index (κ1) is 42.5. The minimum absolute atomic E-state index is 0.0840. The van der Waals surface area contributed by atoms with E-state index in [0.29, 0.717) is 61.8 Å². The van der Waals surface area contributed by atoms with Crippen LogP contribution in [-0.2, 0) is 31.4 Å². The maximum Gasteiger partial charge on any atom is 0.305 e. The van der Waals surface area contributed by atoms with Gasteiger partial charge in [-0.2, -0.15) is 0 Å². The number of nitrogens with zero attached hydrogens (tertiary/aromatic N) is 3. The number of amides is 1. The lowest BCUT2D eigenvalue weighted by molar-refractivity contribution is -0.143. The summed E-state index contributed by atoms with van der Waals surface area (Å²) in [6, 6.07) is 27.1. The largest absolute Gasteiger partial charge is 0.491 e. The number of aromatic nitrogens is 2. The number of aryl methyl sites for hydroxylation is 1. The van der Waals surface area contributed by atoms with E-state index in [1.165, 1.54) is 5.69 Å². The summed E-state index contributed by atoms with van der Waals surface area (Å²) in [7, 11) is 0. The molecule has 3 aromatic carbocycles. The number of esters is 1. The second-order valence-electron chi connectivity index (χ2n) is 14.5. The molecule has 298 valence electrons. The van der Waals surface area contributed by atoms with Gasteiger partial charge in [0.2, 0.25) is 0 Å². The molecule has 0 aliphatic carbocycles.